The van der Waals surface area contributed by atoms with Gasteiger partial charge in [-0.05, 0) is 49.2 Å². The lowest BCUT2D eigenvalue weighted by atomic mass is 10.1. The second-order valence-corrected chi connectivity index (χ2v) is 7.28. The minimum absolute atomic E-state index is 0.0336. The molecule has 0 unspecified atom stereocenters. The maximum absolute atomic E-state index is 12.5. The molecule has 148 valence electrons. The van der Waals surface area contributed by atoms with Crippen LogP contribution >= 0.6 is 0 Å². The zero-order chi connectivity index (χ0) is 19.8. The number of carbonyl (C=O) groups is 2. The largest absolute Gasteiger partial charge is 0.457 e. The fourth-order valence-electron chi connectivity index (χ4n) is 3.65. The number of amides is 2. The van der Waals surface area contributed by atoms with Crippen molar-refractivity contribution >= 4 is 17.5 Å². The maximum atomic E-state index is 12.5. The summed E-state index contributed by atoms with van der Waals surface area (Å²) in [6, 6.07) is 17.0. The molecule has 2 aromatic carbocycles. The van der Waals surface area contributed by atoms with Crippen LogP contribution in [0, 0.1) is 0 Å². The van der Waals surface area contributed by atoms with E-state index in [9.17, 15) is 9.59 Å². The number of anilines is 1. The van der Waals surface area contributed by atoms with E-state index in [1.54, 1.807) is 24.0 Å². The highest BCUT2D eigenvalue weighted by Gasteiger charge is 2.24. The SMILES string of the molecule is CC(=O)N(CC(=O)Nc1ccc(Oc2ccccc2)cc1)C1CCCCCC1. The number of nitrogens with zero attached hydrogens (tertiary/aromatic N) is 1. The summed E-state index contributed by atoms with van der Waals surface area (Å²) in [5.41, 5.74) is 0.690. The number of benzene rings is 2. The summed E-state index contributed by atoms with van der Waals surface area (Å²) in [6.45, 7) is 1.65. The molecule has 28 heavy (non-hydrogen) atoms. The summed E-state index contributed by atoms with van der Waals surface area (Å²) in [5, 5.41) is 2.88. The molecule has 5 heteroatoms. The van der Waals surface area contributed by atoms with E-state index in [4.69, 9.17) is 4.74 Å². The topological polar surface area (TPSA) is 58.6 Å². The Morgan fingerprint density at radius 2 is 1.54 bits per heavy atom. The Labute approximate surface area is 166 Å². The van der Waals surface area contributed by atoms with Crippen molar-refractivity contribution in [3.8, 4) is 11.5 Å². The first kappa shape index (κ1) is 19.9. The van der Waals surface area contributed by atoms with Gasteiger partial charge in [0, 0.05) is 18.7 Å². The first-order valence-electron chi connectivity index (χ1n) is 10.0. The monoisotopic (exact) mass is 380 g/mol. The van der Waals surface area contributed by atoms with Crippen molar-refractivity contribution in [3.05, 3.63) is 54.6 Å². The molecule has 0 radical (unpaired) electrons. The molecule has 0 spiro atoms. The molecule has 3 rings (SSSR count). The molecular weight excluding hydrogens is 352 g/mol. The Balaban J connectivity index is 1.56. The molecule has 0 aliphatic heterocycles. The van der Waals surface area contributed by atoms with Gasteiger partial charge >= 0.3 is 0 Å². The van der Waals surface area contributed by atoms with E-state index in [1.807, 2.05) is 42.5 Å². The highest BCUT2D eigenvalue weighted by Crippen LogP contribution is 2.24. The van der Waals surface area contributed by atoms with Gasteiger partial charge in [0.05, 0.1) is 0 Å². The predicted molar refractivity (Wildman–Crippen MR) is 110 cm³/mol. The molecule has 2 aromatic rings. The molecule has 2 amide bonds. The Bertz CT molecular complexity index is 766. The highest BCUT2D eigenvalue weighted by molar-refractivity contribution is 5.94. The smallest absolute Gasteiger partial charge is 0.244 e. The molecule has 1 saturated carbocycles. The van der Waals surface area contributed by atoms with Crippen molar-refractivity contribution in [2.75, 3.05) is 11.9 Å². The van der Waals surface area contributed by atoms with Gasteiger partial charge in [0.25, 0.3) is 0 Å². The van der Waals surface area contributed by atoms with E-state index in [1.165, 1.54) is 12.8 Å². The third kappa shape index (κ3) is 5.84. The quantitative estimate of drug-likeness (QED) is 0.718. The number of carbonyl (C=O) groups excluding carboxylic acids is 2. The maximum Gasteiger partial charge on any atom is 0.244 e. The lowest BCUT2D eigenvalue weighted by Crippen LogP contribution is -2.43. The van der Waals surface area contributed by atoms with Crippen LogP contribution in [0.15, 0.2) is 54.6 Å². The zero-order valence-electron chi connectivity index (χ0n) is 16.4. The van der Waals surface area contributed by atoms with E-state index < -0.39 is 0 Å². The fraction of sp³-hybridized carbons (Fsp3) is 0.391. The van der Waals surface area contributed by atoms with Crippen molar-refractivity contribution in [2.24, 2.45) is 0 Å². The van der Waals surface area contributed by atoms with E-state index >= 15 is 0 Å². The van der Waals surface area contributed by atoms with Crippen LogP contribution in [0.25, 0.3) is 0 Å². The minimum atomic E-state index is -0.170. The molecule has 1 aliphatic carbocycles. The molecule has 0 heterocycles. The minimum Gasteiger partial charge on any atom is -0.457 e. The lowest BCUT2D eigenvalue weighted by Gasteiger charge is -2.29. The summed E-state index contributed by atoms with van der Waals surface area (Å²) >= 11 is 0. The fourth-order valence-corrected chi connectivity index (χ4v) is 3.65. The van der Waals surface area contributed by atoms with Gasteiger partial charge in [0.1, 0.15) is 18.0 Å². The van der Waals surface area contributed by atoms with Crippen LogP contribution < -0.4 is 10.1 Å². The summed E-state index contributed by atoms with van der Waals surface area (Å²) in [5.74, 6) is 1.26. The first-order chi connectivity index (χ1) is 13.6. The first-order valence-corrected chi connectivity index (χ1v) is 10.0. The second kappa shape index (κ2) is 9.93. The zero-order valence-corrected chi connectivity index (χ0v) is 16.4. The van der Waals surface area contributed by atoms with E-state index in [-0.39, 0.29) is 24.4 Å². The van der Waals surface area contributed by atoms with Crippen molar-refractivity contribution < 1.29 is 14.3 Å². The lowest BCUT2D eigenvalue weighted by molar-refractivity contribution is -0.135. The Kier molecular flexibility index (Phi) is 7.06. The molecule has 0 bridgehead atoms. The summed E-state index contributed by atoms with van der Waals surface area (Å²) < 4.78 is 5.76. The van der Waals surface area contributed by atoms with Gasteiger partial charge in [0.15, 0.2) is 0 Å². The number of hydrogen-bond acceptors (Lipinski definition) is 3. The molecule has 1 N–H and O–H groups in total. The van der Waals surface area contributed by atoms with Crippen LogP contribution in [0.2, 0.25) is 0 Å². The summed E-state index contributed by atoms with van der Waals surface area (Å²) in [6.07, 6.45) is 6.65. The number of para-hydroxylation sites is 1. The average Bonchev–Trinajstić information content (AvgIpc) is 2.97. The van der Waals surface area contributed by atoms with Gasteiger partial charge in [-0.2, -0.15) is 0 Å². The van der Waals surface area contributed by atoms with Crippen molar-refractivity contribution in [3.63, 3.8) is 0 Å². The standard InChI is InChI=1S/C23H28N2O3/c1-18(26)25(20-9-5-2-3-6-10-20)17-23(27)24-19-13-15-22(16-14-19)28-21-11-7-4-8-12-21/h4,7-8,11-16,20H,2-3,5-6,9-10,17H2,1H3,(H,24,27). The average molecular weight is 380 g/mol. The molecule has 0 atom stereocenters. The number of nitrogens with one attached hydrogen (secondary N) is 1. The molecule has 0 saturated heterocycles. The number of hydrogen-bond donors (Lipinski definition) is 1. The summed E-state index contributed by atoms with van der Waals surface area (Å²) in [4.78, 5) is 26.3. The van der Waals surface area contributed by atoms with Gasteiger partial charge in [-0.15, -0.1) is 0 Å². The molecule has 0 aromatic heterocycles. The van der Waals surface area contributed by atoms with Crippen LogP contribution in [0.5, 0.6) is 11.5 Å². The Morgan fingerprint density at radius 1 is 0.929 bits per heavy atom. The van der Waals surface area contributed by atoms with Crippen LogP contribution in [0.4, 0.5) is 5.69 Å². The Morgan fingerprint density at radius 3 is 2.14 bits per heavy atom. The molecule has 1 aliphatic rings. The van der Waals surface area contributed by atoms with Crippen molar-refractivity contribution in [1.82, 2.24) is 4.90 Å². The molecule has 1 fully saturated rings. The second-order valence-electron chi connectivity index (χ2n) is 7.28. The third-order valence-electron chi connectivity index (χ3n) is 5.10. The van der Waals surface area contributed by atoms with Crippen LogP contribution in [0.1, 0.15) is 45.4 Å². The van der Waals surface area contributed by atoms with Crippen LogP contribution in [-0.4, -0.2) is 29.3 Å². The molecular formula is C23H28N2O3. The normalized spacial score (nSPS) is 14.8. The van der Waals surface area contributed by atoms with E-state index in [0.717, 1.165) is 31.4 Å². The van der Waals surface area contributed by atoms with Gasteiger partial charge in [-0.1, -0.05) is 43.9 Å². The summed E-state index contributed by atoms with van der Waals surface area (Å²) in [7, 11) is 0. The van der Waals surface area contributed by atoms with Crippen LogP contribution in [0.3, 0.4) is 0 Å². The Hall–Kier alpha value is -2.82. The van der Waals surface area contributed by atoms with Gasteiger partial charge in [-0.25, -0.2) is 0 Å². The van der Waals surface area contributed by atoms with Crippen LogP contribution in [-0.2, 0) is 9.59 Å². The number of ether oxygens (including phenoxy) is 1. The van der Waals surface area contributed by atoms with Crippen molar-refractivity contribution in [1.29, 1.82) is 0 Å². The van der Waals surface area contributed by atoms with E-state index in [2.05, 4.69) is 5.32 Å². The van der Waals surface area contributed by atoms with Gasteiger partial charge in [0.2, 0.25) is 11.8 Å². The third-order valence-corrected chi connectivity index (χ3v) is 5.10. The van der Waals surface area contributed by atoms with Crippen molar-refractivity contribution in [2.45, 2.75) is 51.5 Å². The molecule has 5 nitrogen and oxygen atoms in total. The van der Waals surface area contributed by atoms with Gasteiger partial charge < -0.3 is 15.0 Å². The highest BCUT2D eigenvalue weighted by atomic mass is 16.5. The van der Waals surface area contributed by atoms with E-state index in [0.29, 0.717) is 11.4 Å². The predicted octanol–water partition coefficient (Wildman–Crippen LogP) is 4.99. The number of rotatable bonds is 6. The van der Waals surface area contributed by atoms with Gasteiger partial charge in [-0.3, -0.25) is 9.59 Å².